The van der Waals surface area contributed by atoms with Crippen LogP contribution >= 0.6 is 0 Å². The van der Waals surface area contributed by atoms with Gasteiger partial charge in [-0.3, -0.25) is 0 Å². The first-order valence-corrected chi connectivity index (χ1v) is 7.95. The Balaban J connectivity index is 2.45. The van der Waals surface area contributed by atoms with Crippen molar-refractivity contribution in [3.8, 4) is 5.75 Å². The maximum absolute atomic E-state index is 11.5. The normalized spacial score (nSPS) is 13.3. The molecular formula is C13H21NO3S. The first-order chi connectivity index (χ1) is 8.44. The van der Waals surface area contributed by atoms with Crippen LogP contribution in [-0.4, -0.2) is 26.5 Å². The van der Waals surface area contributed by atoms with Crippen molar-refractivity contribution in [2.75, 3.05) is 18.1 Å². The minimum absolute atomic E-state index is 0.0102. The van der Waals surface area contributed by atoms with E-state index in [1.165, 1.54) is 0 Å². The van der Waals surface area contributed by atoms with E-state index >= 15 is 0 Å². The lowest BCUT2D eigenvalue weighted by Crippen LogP contribution is -2.16. The van der Waals surface area contributed by atoms with Crippen LogP contribution in [0.5, 0.6) is 5.75 Å². The highest BCUT2D eigenvalue weighted by atomic mass is 32.2. The van der Waals surface area contributed by atoms with E-state index in [0.29, 0.717) is 12.2 Å². The summed E-state index contributed by atoms with van der Waals surface area (Å²) in [7, 11) is -2.97. The van der Waals surface area contributed by atoms with Crippen molar-refractivity contribution in [1.82, 2.24) is 0 Å². The monoisotopic (exact) mass is 271 g/mol. The number of rotatable bonds is 7. The van der Waals surface area contributed by atoms with Crippen molar-refractivity contribution in [3.63, 3.8) is 0 Å². The third-order valence-corrected chi connectivity index (χ3v) is 4.40. The van der Waals surface area contributed by atoms with Crippen LogP contribution in [0.15, 0.2) is 24.3 Å². The largest absolute Gasteiger partial charge is 0.493 e. The zero-order valence-electron chi connectivity index (χ0n) is 10.9. The number of sulfone groups is 1. The summed E-state index contributed by atoms with van der Waals surface area (Å²) < 4.78 is 28.3. The zero-order chi connectivity index (χ0) is 13.6. The van der Waals surface area contributed by atoms with Gasteiger partial charge in [0.05, 0.1) is 11.5 Å². The van der Waals surface area contributed by atoms with Crippen LogP contribution < -0.4 is 10.5 Å². The van der Waals surface area contributed by atoms with Gasteiger partial charge in [0.2, 0.25) is 0 Å². The van der Waals surface area contributed by atoms with Gasteiger partial charge < -0.3 is 10.5 Å². The molecule has 0 aliphatic rings. The predicted octanol–water partition coefficient (Wildman–Crippen LogP) is 1.91. The Morgan fingerprint density at radius 1 is 1.22 bits per heavy atom. The van der Waals surface area contributed by atoms with Crippen LogP contribution in [0.4, 0.5) is 0 Å². The van der Waals surface area contributed by atoms with E-state index in [1.54, 1.807) is 0 Å². The molecule has 0 bridgehead atoms. The van der Waals surface area contributed by atoms with E-state index in [2.05, 4.69) is 0 Å². The number of nitrogens with two attached hydrogens (primary N) is 1. The Bertz CT molecular complexity index is 452. The summed E-state index contributed by atoms with van der Waals surface area (Å²) in [4.78, 5) is 0. The maximum Gasteiger partial charge on any atom is 0.153 e. The van der Waals surface area contributed by atoms with Crippen molar-refractivity contribution in [1.29, 1.82) is 0 Å². The van der Waals surface area contributed by atoms with Gasteiger partial charge in [0.1, 0.15) is 12.4 Å². The molecule has 0 radical (unpaired) electrons. The van der Waals surface area contributed by atoms with E-state index in [0.717, 1.165) is 5.56 Å². The van der Waals surface area contributed by atoms with Gasteiger partial charge >= 0.3 is 0 Å². The molecule has 0 fully saturated rings. The first-order valence-electron chi connectivity index (χ1n) is 6.13. The topological polar surface area (TPSA) is 69.4 Å². The van der Waals surface area contributed by atoms with Crippen molar-refractivity contribution < 1.29 is 13.2 Å². The molecule has 5 heteroatoms. The second-order valence-corrected chi connectivity index (χ2v) is 6.66. The summed E-state index contributed by atoms with van der Waals surface area (Å²) in [6.45, 7) is 3.96. The second kappa shape index (κ2) is 6.75. The van der Waals surface area contributed by atoms with E-state index < -0.39 is 9.84 Å². The van der Waals surface area contributed by atoms with Crippen LogP contribution in [0.2, 0.25) is 0 Å². The van der Waals surface area contributed by atoms with Crippen molar-refractivity contribution in [2.45, 2.75) is 26.3 Å². The van der Waals surface area contributed by atoms with E-state index in [4.69, 9.17) is 10.5 Å². The highest BCUT2D eigenvalue weighted by molar-refractivity contribution is 7.91. The molecular weight excluding hydrogens is 250 g/mol. The van der Waals surface area contributed by atoms with Gasteiger partial charge in [-0.1, -0.05) is 19.1 Å². The molecule has 4 nitrogen and oxygen atoms in total. The lowest BCUT2D eigenvalue weighted by molar-refractivity contribution is 0.340. The minimum atomic E-state index is -2.97. The molecule has 0 aliphatic heterocycles. The van der Waals surface area contributed by atoms with Gasteiger partial charge in [0.25, 0.3) is 0 Å². The molecule has 0 aromatic heterocycles. The molecule has 0 amide bonds. The molecule has 0 saturated heterocycles. The smallest absolute Gasteiger partial charge is 0.153 e. The number of benzene rings is 1. The average molecular weight is 271 g/mol. The number of hydrogen-bond acceptors (Lipinski definition) is 4. The summed E-state index contributed by atoms with van der Waals surface area (Å²) >= 11 is 0. The Labute approximate surface area is 109 Å². The minimum Gasteiger partial charge on any atom is -0.493 e. The lowest BCUT2D eigenvalue weighted by atomic mass is 10.1. The zero-order valence-corrected chi connectivity index (χ0v) is 11.7. The standard InChI is InChI=1S/C13H21NO3S/c1-3-9-18(15,16)10-8-17-13-6-4-12(5-7-13)11(2)14/h4-7,11H,3,8-10,14H2,1-2H3. The molecule has 1 aromatic carbocycles. The van der Waals surface area contributed by atoms with Crippen molar-refractivity contribution >= 4 is 9.84 Å². The van der Waals surface area contributed by atoms with Gasteiger partial charge in [-0.2, -0.15) is 0 Å². The Morgan fingerprint density at radius 2 is 1.83 bits per heavy atom. The molecule has 0 spiro atoms. The number of ether oxygens (including phenoxy) is 1. The fourth-order valence-corrected chi connectivity index (χ4v) is 2.73. The predicted molar refractivity (Wildman–Crippen MR) is 73.5 cm³/mol. The second-order valence-electron chi connectivity index (χ2n) is 4.36. The molecule has 1 atom stereocenters. The van der Waals surface area contributed by atoms with Crippen LogP contribution in [0, 0.1) is 0 Å². The average Bonchev–Trinajstić information content (AvgIpc) is 2.29. The first kappa shape index (κ1) is 15.0. The number of hydrogen-bond donors (Lipinski definition) is 1. The fraction of sp³-hybridized carbons (Fsp3) is 0.538. The summed E-state index contributed by atoms with van der Waals surface area (Å²) in [5.74, 6) is 0.960. The Kier molecular flexibility index (Phi) is 5.62. The fourth-order valence-electron chi connectivity index (χ4n) is 1.57. The summed E-state index contributed by atoms with van der Waals surface area (Å²) in [6.07, 6.45) is 0.644. The van der Waals surface area contributed by atoms with Gasteiger partial charge in [0, 0.05) is 6.04 Å². The Hall–Kier alpha value is -1.07. The van der Waals surface area contributed by atoms with Crippen LogP contribution in [-0.2, 0) is 9.84 Å². The Morgan fingerprint density at radius 3 is 2.33 bits per heavy atom. The van der Waals surface area contributed by atoms with Gasteiger partial charge in [0.15, 0.2) is 9.84 Å². The molecule has 2 N–H and O–H groups in total. The van der Waals surface area contributed by atoms with E-state index in [1.807, 2.05) is 38.1 Å². The highest BCUT2D eigenvalue weighted by Crippen LogP contribution is 2.16. The molecule has 0 aliphatic carbocycles. The maximum atomic E-state index is 11.5. The summed E-state index contributed by atoms with van der Waals surface area (Å²) in [6, 6.07) is 7.39. The summed E-state index contributed by atoms with van der Waals surface area (Å²) in [5, 5.41) is 0. The molecule has 0 saturated carbocycles. The van der Waals surface area contributed by atoms with Gasteiger partial charge in [-0.25, -0.2) is 8.42 Å². The van der Waals surface area contributed by atoms with E-state index in [-0.39, 0.29) is 24.2 Å². The molecule has 1 aromatic rings. The molecule has 0 heterocycles. The highest BCUT2D eigenvalue weighted by Gasteiger charge is 2.09. The third kappa shape index (κ3) is 5.06. The third-order valence-electron chi connectivity index (χ3n) is 2.58. The molecule has 18 heavy (non-hydrogen) atoms. The quantitative estimate of drug-likeness (QED) is 0.822. The molecule has 1 rings (SSSR count). The van der Waals surface area contributed by atoms with Crippen molar-refractivity contribution in [3.05, 3.63) is 29.8 Å². The van der Waals surface area contributed by atoms with Crippen molar-refractivity contribution in [2.24, 2.45) is 5.73 Å². The van der Waals surface area contributed by atoms with Crippen LogP contribution in [0.1, 0.15) is 31.9 Å². The van der Waals surface area contributed by atoms with Gasteiger partial charge in [-0.05, 0) is 31.0 Å². The summed E-state index contributed by atoms with van der Waals surface area (Å²) in [5.41, 5.74) is 6.76. The lowest BCUT2D eigenvalue weighted by Gasteiger charge is -2.09. The molecule has 102 valence electrons. The van der Waals surface area contributed by atoms with Crippen LogP contribution in [0.3, 0.4) is 0 Å². The van der Waals surface area contributed by atoms with Crippen LogP contribution in [0.25, 0.3) is 0 Å². The van der Waals surface area contributed by atoms with E-state index in [9.17, 15) is 8.42 Å². The SMILES string of the molecule is CCCS(=O)(=O)CCOc1ccc(C(C)N)cc1. The van der Waals surface area contributed by atoms with Gasteiger partial charge in [-0.15, -0.1) is 0 Å². The molecule has 1 unspecified atom stereocenters.